The normalized spacial score (nSPS) is 27.1. The minimum atomic E-state index is 0.0475. The van der Waals surface area contributed by atoms with E-state index in [9.17, 15) is 9.59 Å². The van der Waals surface area contributed by atoms with E-state index in [1.807, 2.05) is 4.90 Å². The summed E-state index contributed by atoms with van der Waals surface area (Å²) in [7, 11) is 0. The van der Waals surface area contributed by atoms with Gasteiger partial charge >= 0.3 is 0 Å². The highest BCUT2D eigenvalue weighted by atomic mass is 35.5. The van der Waals surface area contributed by atoms with Crippen LogP contribution in [-0.4, -0.2) is 29.2 Å². The smallest absolute Gasteiger partial charge is 0.264 e. The molecular weight excluding hydrogens is 294 g/mol. The van der Waals surface area contributed by atoms with E-state index in [-0.39, 0.29) is 17.9 Å². The van der Waals surface area contributed by atoms with Crippen LogP contribution in [-0.2, 0) is 4.79 Å². The number of thiophene rings is 1. The van der Waals surface area contributed by atoms with Crippen molar-refractivity contribution >= 4 is 34.6 Å². The summed E-state index contributed by atoms with van der Waals surface area (Å²) < 4.78 is 0.638. The zero-order valence-electron chi connectivity index (χ0n) is 11.3. The SMILES string of the molecule is O=C1CCCC1C1CCCCN1C(=O)c1ccc(Cl)s1. The van der Waals surface area contributed by atoms with Crippen molar-refractivity contribution in [3.05, 3.63) is 21.3 Å². The summed E-state index contributed by atoms with van der Waals surface area (Å²) in [6.07, 6.45) is 5.71. The molecule has 0 radical (unpaired) electrons. The number of rotatable bonds is 2. The molecule has 2 fully saturated rings. The van der Waals surface area contributed by atoms with Crippen LogP contribution < -0.4 is 0 Å². The number of piperidine rings is 1. The molecule has 2 heterocycles. The van der Waals surface area contributed by atoms with E-state index < -0.39 is 0 Å². The van der Waals surface area contributed by atoms with Crippen LogP contribution in [0.25, 0.3) is 0 Å². The van der Waals surface area contributed by atoms with Gasteiger partial charge in [0.2, 0.25) is 0 Å². The van der Waals surface area contributed by atoms with Gasteiger partial charge in [-0.15, -0.1) is 11.3 Å². The summed E-state index contributed by atoms with van der Waals surface area (Å²) in [5.41, 5.74) is 0. The molecule has 1 aliphatic heterocycles. The average molecular weight is 312 g/mol. The van der Waals surface area contributed by atoms with Crippen LogP contribution >= 0.6 is 22.9 Å². The molecule has 3 nitrogen and oxygen atoms in total. The van der Waals surface area contributed by atoms with E-state index in [1.165, 1.54) is 11.3 Å². The molecule has 3 rings (SSSR count). The second-order valence-electron chi connectivity index (χ2n) is 5.63. The van der Waals surface area contributed by atoms with Gasteiger partial charge in [-0.1, -0.05) is 11.6 Å². The first kappa shape index (κ1) is 14.1. The highest BCUT2D eigenvalue weighted by molar-refractivity contribution is 7.17. The quantitative estimate of drug-likeness (QED) is 0.834. The minimum absolute atomic E-state index is 0.0475. The van der Waals surface area contributed by atoms with Gasteiger partial charge in [0.25, 0.3) is 5.91 Å². The highest BCUT2D eigenvalue weighted by Crippen LogP contribution is 2.34. The van der Waals surface area contributed by atoms with Crippen LogP contribution in [0.5, 0.6) is 0 Å². The molecule has 1 aromatic heterocycles. The molecule has 1 saturated heterocycles. The Balaban J connectivity index is 1.81. The summed E-state index contributed by atoms with van der Waals surface area (Å²) in [6.45, 7) is 0.767. The first-order chi connectivity index (χ1) is 9.66. The Hall–Kier alpha value is -0.870. The second kappa shape index (κ2) is 5.86. The van der Waals surface area contributed by atoms with Crippen molar-refractivity contribution in [3.8, 4) is 0 Å². The maximum atomic E-state index is 12.7. The zero-order chi connectivity index (χ0) is 14.1. The van der Waals surface area contributed by atoms with E-state index >= 15 is 0 Å². The predicted molar refractivity (Wildman–Crippen MR) is 80.4 cm³/mol. The van der Waals surface area contributed by atoms with E-state index in [0.717, 1.165) is 38.6 Å². The summed E-state index contributed by atoms with van der Waals surface area (Å²) in [4.78, 5) is 27.3. The number of ketones is 1. The van der Waals surface area contributed by atoms with Gasteiger partial charge in [0.1, 0.15) is 5.78 Å². The standard InChI is InChI=1S/C15H18ClNO2S/c16-14-8-7-13(20-14)15(19)17-9-2-1-5-11(17)10-4-3-6-12(10)18/h7-8,10-11H,1-6,9H2. The monoisotopic (exact) mass is 311 g/mol. The van der Waals surface area contributed by atoms with E-state index in [2.05, 4.69) is 0 Å². The van der Waals surface area contributed by atoms with Crippen LogP contribution in [0.3, 0.4) is 0 Å². The van der Waals surface area contributed by atoms with Gasteiger partial charge in [-0.3, -0.25) is 9.59 Å². The summed E-state index contributed by atoms with van der Waals surface area (Å²) >= 11 is 7.25. The van der Waals surface area contributed by atoms with Crippen molar-refractivity contribution in [2.45, 2.75) is 44.6 Å². The lowest BCUT2D eigenvalue weighted by atomic mass is 9.88. The molecule has 2 unspecified atom stereocenters. The fourth-order valence-electron chi connectivity index (χ4n) is 3.45. The molecule has 0 bridgehead atoms. The predicted octanol–water partition coefficient (Wildman–Crippen LogP) is 3.77. The molecule has 2 aliphatic rings. The highest BCUT2D eigenvalue weighted by Gasteiger charge is 2.39. The third-order valence-electron chi connectivity index (χ3n) is 4.41. The summed E-state index contributed by atoms with van der Waals surface area (Å²) in [5.74, 6) is 0.458. The van der Waals surface area contributed by atoms with Gasteiger partial charge in [-0.25, -0.2) is 0 Å². The van der Waals surface area contributed by atoms with Gasteiger partial charge in [0.05, 0.1) is 9.21 Å². The van der Waals surface area contributed by atoms with Gasteiger partial charge in [0.15, 0.2) is 0 Å². The third kappa shape index (κ3) is 2.63. The maximum Gasteiger partial charge on any atom is 0.264 e. The van der Waals surface area contributed by atoms with Gasteiger partial charge in [0, 0.05) is 24.9 Å². The van der Waals surface area contributed by atoms with E-state index in [4.69, 9.17) is 11.6 Å². The maximum absolute atomic E-state index is 12.7. The Morgan fingerprint density at radius 1 is 1.25 bits per heavy atom. The van der Waals surface area contributed by atoms with Crippen LogP contribution in [0.4, 0.5) is 0 Å². The first-order valence-corrected chi connectivity index (χ1v) is 8.45. The van der Waals surface area contributed by atoms with Crippen molar-refractivity contribution in [3.63, 3.8) is 0 Å². The van der Waals surface area contributed by atoms with Crippen molar-refractivity contribution in [1.29, 1.82) is 0 Å². The lowest BCUT2D eigenvalue weighted by Crippen LogP contribution is -2.48. The van der Waals surface area contributed by atoms with Crippen molar-refractivity contribution in [2.75, 3.05) is 6.54 Å². The molecule has 0 spiro atoms. The Morgan fingerprint density at radius 2 is 2.10 bits per heavy atom. The third-order valence-corrected chi connectivity index (χ3v) is 5.63. The summed E-state index contributed by atoms with van der Waals surface area (Å²) in [5, 5.41) is 0. The van der Waals surface area contributed by atoms with Crippen LogP contribution in [0.2, 0.25) is 4.34 Å². The molecular formula is C15H18ClNO2S. The number of halogens is 1. The van der Waals surface area contributed by atoms with Gasteiger partial charge in [-0.2, -0.15) is 0 Å². The number of carbonyl (C=O) groups excluding carboxylic acids is 2. The minimum Gasteiger partial charge on any atom is -0.334 e. The number of hydrogen-bond acceptors (Lipinski definition) is 3. The van der Waals surface area contributed by atoms with E-state index in [0.29, 0.717) is 21.4 Å². The van der Waals surface area contributed by atoms with Gasteiger partial charge in [-0.05, 0) is 44.2 Å². The lowest BCUT2D eigenvalue weighted by Gasteiger charge is -2.38. The zero-order valence-corrected chi connectivity index (χ0v) is 12.9. The van der Waals surface area contributed by atoms with Gasteiger partial charge < -0.3 is 4.90 Å². The number of Topliss-reactive ketones (excluding diaryl/α,β-unsaturated/α-hetero) is 1. The second-order valence-corrected chi connectivity index (χ2v) is 7.35. The molecule has 0 N–H and O–H groups in total. The Kier molecular flexibility index (Phi) is 4.13. The number of likely N-dealkylation sites (tertiary alicyclic amines) is 1. The molecule has 5 heteroatoms. The fourth-order valence-corrected chi connectivity index (χ4v) is 4.45. The average Bonchev–Trinajstić information content (AvgIpc) is 3.07. The Bertz CT molecular complexity index is 528. The van der Waals surface area contributed by atoms with Crippen LogP contribution in [0.1, 0.15) is 48.2 Å². The number of carbonyl (C=O) groups is 2. The van der Waals surface area contributed by atoms with Crippen molar-refractivity contribution < 1.29 is 9.59 Å². The van der Waals surface area contributed by atoms with E-state index in [1.54, 1.807) is 12.1 Å². The van der Waals surface area contributed by atoms with Crippen LogP contribution in [0.15, 0.2) is 12.1 Å². The molecule has 1 saturated carbocycles. The molecule has 0 aromatic carbocycles. The Labute approximate surface area is 127 Å². The number of hydrogen-bond donors (Lipinski definition) is 0. The molecule has 108 valence electrons. The molecule has 1 amide bonds. The Morgan fingerprint density at radius 3 is 2.75 bits per heavy atom. The summed E-state index contributed by atoms with van der Waals surface area (Å²) in [6, 6.07) is 3.66. The van der Waals surface area contributed by atoms with Crippen molar-refractivity contribution in [2.24, 2.45) is 5.92 Å². The molecule has 20 heavy (non-hydrogen) atoms. The molecule has 2 atom stereocenters. The first-order valence-electron chi connectivity index (χ1n) is 7.26. The molecule has 1 aromatic rings. The fraction of sp³-hybridized carbons (Fsp3) is 0.600. The van der Waals surface area contributed by atoms with Crippen LogP contribution in [0, 0.1) is 5.92 Å². The lowest BCUT2D eigenvalue weighted by molar-refractivity contribution is -0.122. The topological polar surface area (TPSA) is 37.4 Å². The largest absolute Gasteiger partial charge is 0.334 e. The van der Waals surface area contributed by atoms with Crippen molar-refractivity contribution in [1.82, 2.24) is 4.90 Å². The number of nitrogens with zero attached hydrogens (tertiary/aromatic N) is 1. The number of amides is 1. The molecule has 1 aliphatic carbocycles.